The number of alkyl halides is 3. The molecule has 1 unspecified atom stereocenters. The molecule has 0 N–H and O–H groups in total. The molecule has 0 aromatic heterocycles. The van der Waals surface area contributed by atoms with Crippen LogP contribution in [0.25, 0.3) is 0 Å². The van der Waals surface area contributed by atoms with Crippen LogP contribution >= 0.6 is 7.37 Å². The van der Waals surface area contributed by atoms with Crippen LogP contribution in [-0.2, 0) is 9.09 Å². The van der Waals surface area contributed by atoms with E-state index < -0.39 is 19.7 Å². The van der Waals surface area contributed by atoms with Crippen molar-refractivity contribution in [2.24, 2.45) is 0 Å². The highest BCUT2D eigenvalue weighted by Gasteiger charge is 2.36. The van der Waals surface area contributed by atoms with E-state index in [0.717, 1.165) is 13.8 Å². The van der Waals surface area contributed by atoms with Gasteiger partial charge >= 0.3 is 6.18 Å². The summed E-state index contributed by atoms with van der Waals surface area (Å²) < 4.78 is 49.3. The van der Waals surface area contributed by atoms with Crippen LogP contribution in [0.3, 0.4) is 0 Å². The quantitative estimate of drug-likeness (QED) is 0.602. The number of halogens is 3. The van der Waals surface area contributed by atoms with Crippen molar-refractivity contribution in [2.45, 2.75) is 6.18 Å². The Bertz CT molecular complexity index is 153. The third-order valence-electron chi connectivity index (χ3n) is 0.853. The Morgan fingerprint density at radius 2 is 1.90 bits per heavy atom. The van der Waals surface area contributed by atoms with Gasteiger partial charge in [0.25, 0.3) is 0 Å². The fourth-order valence-electron chi connectivity index (χ4n) is 0.390. The minimum absolute atomic E-state index is 0.959. The van der Waals surface area contributed by atoms with Crippen LogP contribution in [0.15, 0.2) is 0 Å². The van der Waals surface area contributed by atoms with Crippen LogP contribution in [0.2, 0.25) is 0 Å². The molecule has 0 radical (unpaired) electrons. The van der Waals surface area contributed by atoms with Crippen molar-refractivity contribution in [1.82, 2.24) is 0 Å². The maximum atomic E-state index is 11.5. The summed E-state index contributed by atoms with van der Waals surface area (Å²) in [6.45, 7) is 0.959. The molecule has 0 aliphatic heterocycles. The van der Waals surface area contributed by atoms with Crippen molar-refractivity contribution in [3.05, 3.63) is 0 Å². The van der Waals surface area contributed by atoms with Crippen LogP contribution < -0.4 is 0 Å². The summed E-state index contributed by atoms with van der Waals surface area (Å²) in [5.74, 6) is 0. The third kappa shape index (κ3) is 4.82. The Hall–Kier alpha value is -0.0200. The van der Waals surface area contributed by atoms with Gasteiger partial charge in [-0.25, -0.2) is 0 Å². The van der Waals surface area contributed by atoms with Crippen molar-refractivity contribution in [1.29, 1.82) is 0 Å². The predicted octanol–water partition coefficient (Wildman–Crippen LogP) is 2.10. The van der Waals surface area contributed by atoms with Crippen LogP contribution in [0.1, 0.15) is 0 Å². The van der Waals surface area contributed by atoms with Crippen LogP contribution in [-0.4, -0.2) is 26.1 Å². The first-order valence-electron chi connectivity index (χ1n) is 2.46. The van der Waals surface area contributed by atoms with E-state index in [9.17, 15) is 17.7 Å². The minimum atomic E-state index is -4.40. The first-order valence-corrected chi connectivity index (χ1v) is 4.71. The van der Waals surface area contributed by atoms with Gasteiger partial charge in [-0.2, -0.15) is 13.2 Å². The van der Waals surface area contributed by atoms with E-state index in [0.29, 0.717) is 0 Å². The van der Waals surface area contributed by atoms with E-state index in [4.69, 9.17) is 0 Å². The average molecular weight is 176 g/mol. The second-order valence-electron chi connectivity index (χ2n) is 1.97. The Kier molecular flexibility index (Phi) is 2.92. The Balaban J connectivity index is 4.03. The first kappa shape index (κ1) is 9.98. The lowest BCUT2D eigenvalue weighted by molar-refractivity contribution is -0.108. The molecule has 0 aliphatic carbocycles. The Labute approximate surface area is 56.8 Å². The minimum Gasteiger partial charge on any atom is -0.332 e. The van der Waals surface area contributed by atoms with E-state index in [1.165, 1.54) is 0 Å². The van der Waals surface area contributed by atoms with E-state index in [2.05, 4.69) is 4.52 Å². The molecule has 0 bridgehead atoms. The number of hydrogen-bond acceptors (Lipinski definition) is 2. The Morgan fingerprint density at radius 3 is 2.00 bits per heavy atom. The molecule has 2 nitrogen and oxygen atoms in total. The van der Waals surface area contributed by atoms with Crippen molar-refractivity contribution in [3.8, 4) is 0 Å². The highest BCUT2D eigenvalue weighted by atomic mass is 31.2. The van der Waals surface area contributed by atoms with Crippen LogP contribution in [0.4, 0.5) is 13.2 Å². The van der Waals surface area contributed by atoms with Gasteiger partial charge in [-0.3, -0.25) is 4.57 Å². The average Bonchev–Trinajstić information content (AvgIpc) is 1.60. The smallest absolute Gasteiger partial charge is 0.332 e. The first-order chi connectivity index (χ1) is 4.27. The summed E-state index contributed by atoms with van der Waals surface area (Å²) in [5.41, 5.74) is 0. The highest BCUT2D eigenvalue weighted by molar-refractivity contribution is 7.58. The monoisotopic (exact) mass is 176 g/mol. The summed E-state index contributed by atoms with van der Waals surface area (Å²) in [7, 11) is -2.41. The second kappa shape index (κ2) is 2.93. The summed E-state index contributed by atoms with van der Waals surface area (Å²) in [6.07, 6.45) is -5.75. The molecule has 0 amide bonds. The lowest BCUT2D eigenvalue weighted by Gasteiger charge is -2.12. The molecule has 0 spiro atoms. The zero-order valence-corrected chi connectivity index (χ0v) is 6.50. The number of hydrogen-bond donors (Lipinski definition) is 0. The fraction of sp³-hybridized carbons (Fsp3) is 1.00. The third-order valence-corrected chi connectivity index (χ3v) is 2.56. The SMILES string of the molecule is COP(C)(=O)CC(F)(F)F. The Morgan fingerprint density at radius 1 is 1.50 bits per heavy atom. The topological polar surface area (TPSA) is 26.3 Å². The normalized spacial score (nSPS) is 18.5. The van der Waals surface area contributed by atoms with Gasteiger partial charge in [0.1, 0.15) is 6.16 Å². The van der Waals surface area contributed by atoms with Gasteiger partial charge in [-0.15, -0.1) is 0 Å². The van der Waals surface area contributed by atoms with Gasteiger partial charge in [0, 0.05) is 13.8 Å². The van der Waals surface area contributed by atoms with E-state index in [-0.39, 0.29) is 0 Å². The highest BCUT2D eigenvalue weighted by Crippen LogP contribution is 2.46. The molecule has 0 aromatic rings. The standard InChI is InChI=1S/C4H8F3O2P/c1-9-10(2,8)3-4(5,6)7/h3H2,1-2H3. The van der Waals surface area contributed by atoms with E-state index in [1.807, 2.05) is 0 Å². The van der Waals surface area contributed by atoms with Gasteiger partial charge in [-0.1, -0.05) is 0 Å². The lowest BCUT2D eigenvalue weighted by atomic mass is 10.8. The zero-order chi connectivity index (χ0) is 8.41. The molecular formula is C4H8F3O2P. The van der Waals surface area contributed by atoms with Crippen LogP contribution in [0.5, 0.6) is 0 Å². The van der Waals surface area contributed by atoms with Crippen molar-refractivity contribution in [3.63, 3.8) is 0 Å². The van der Waals surface area contributed by atoms with E-state index in [1.54, 1.807) is 0 Å². The molecule has 0 heterocycles. The van der Waals surface area contributed by atoms with Gasteiger partial charge in [0.05, 0.1) is 0 Å². The van der Waals surface area contributed by atoms with Gasteiger partial charge in [0.2, 0.25) is 7.37 Å². The molecule has 0 aliphatic rings. The number of rotatable bonds is 2. The van der Waals surface area contributed by atoms with Crippen molar-refractivity contribution >= 4 is 7.37 Å². The molecule has 0 fully saturated rings. The molecule has 62 valence electrons. The predicted molar refractivity (Wildman–Crippen MR) is 31.5 cm³/mol. The van der Waals surface area contributed by atoms with Crippen molar-refractivity contribution in [2.75, 3.05) is 19.9 Å². The molecule has 0 rings (SSSR count). The second-order valence-corrected chi connectivity index (χ2v) is 4.68. The zero-order valence-electron chi connectivity index (χ0n) is 5.60. The van der Waals surface area contributed by atoms with Gasteiger partial charge < -0.3 is 4.52 Å². The maximum absolute atomic E-state index is 11.5. The molecule has 10 heavy (non-hydrogen) atoms. The summed E-state index contributed by atoms with van der Waals surface area (Å²) in [5, 5.41) is 0. The lowest BCUT2D eigenvalue weighted by Crippen LogP contribution is -2.14. The summed E-state index contributed by atoms with van der Waals surface area (Å²) in [4.78, 5) is 0. The molecule has 0 aromatic carbocycles. The fourth-order valence-corrected chi connectivity index (χ4v) is 1.17. The van der Waals surface area contributed by atoms with Gasteiger partial charge in [-0.05, 0) is 0 Å². The van der Waals surface area contributed by atoms with Crippen molar-refractivity contribution < 1.29 is 22.3 Å². The molecule has 1 atom stereocenters. The van der Waals surface area contributed by atoms with Gasteiger partial charge in [0.15, 0.2) is 0 Å². The molecule has 0 saturated carbocycles. The molecular weight excluding hydrogens is 168 g/mol. The van der Waals surface area contributed by atoms with E-state index >= 15 is 0 Å². The molecule has 6 heteroatoms. The summed E-state index contributed by atoms with van der Waals surface area (Å²) >= 11 is 0. The largest absolute Gasteiger partial charge is 0.397 e. The maximum Gasteiger partial charge on any atom is 0.397 e. The molecule has 0 saturated heterocycles. The summed E-state index contributed by atoms with van der Waals surface area (Å²) in [6, 6.07) is 0. The van der Waals surface area contributed by atoms with Crippen LogP contribution in [0, 0.1) is 0 Å².